The van der Waals surface area contributed by atoms with Gasteiger partial charge in [0.1, 0.15) is 11.1 Å². The Morgan fingerprint density at radius 2 is 1.84 bits per heavy atom. The molecule has 0 bridgehead atoms. The summed E-state index contributed by atoms with van der Waals surface area (Å²) in [6.45, 7) is 0.312. The van der Waals surface area contributed by atoms with Gasteiger partial charge in [-0.3, -0.25) is 14.5 Å². The summed E-state index contributed by atoms with van der Waals surface area (Å²) in [4.78, 5) is 31.9. The van der Waals surface area contributed by atoms with E-state index in [1.807, 2.05) is 30.3 Å². The summed E-state index contributed by atoms with van der Waals surface area (Å²) >= 11 is 7.08. The maximum absolute atomic E-state index is 13.7. The van der Waals surface area contributed by atoms with E-state index in [-0.39, 0.29) is 18.2 Å². The minimum Gasteiger partial charge on any atom is -0.325 e. The molecule has 0 radical (unpaired) electrons. The van der Waals surface area contributed by atoms with Crippen molar-refractivity contribution in [1.29, 1.82) is 0 Å². The first-order valence-electron chi connectivity index (χ1n) is 9.89. The number of carbonyl (C=O) groups excluding carboxylic acids is 2. The molecule has 1 aliphatic heterocycles. The zero-order chi connectivity index (χ0) is 22.5. The van der Waals surface area contributed by atoms with Crippen LogP contribution in [0.15, 0.2) is 83.9 Å². The van der Waals surface area contributed by atoms with Crippen LogP contribution in [0.25, 0.3) is 0 Å². The van der Waals surface area contributed by atoms with Crippen LogP contribution in [0.5, 0.6) is 0 Å². The molecule has 1 saturated heterocycles. The second kappa shape index (κ2) is 9.97. The van der Waals surface area contributed by atoms with Crippen LogP contribution in [0.3, 0.4) is 0 Å². The molecule has 5 nitrogen and oxygen atoms in total. The van der Waals surface area contributed by atoms with Crippen molar-refractivity contribution in [1.82, 2.24) is 4.90 Å². The van der Waals surface area contributed by atoms with Gasteiger partial charge in [0, 0.05) is 17.1 Å². The van der Waals surface area contributed by atoms with Crippen molar-refractivity contribution in [2.75, 3.05) is 5.32 Å². The number of halogens is 2. The monoisotopic (exact) mass is 467 g/mol. The highest BCUT2D eigenvalue weighted by atomic mass is 35.5. The summed E-state index contributed by atoms with van der Waals surface area (Å²) in [5, 5.41) is 3.06. The van der Waals surface area contributed by atoms with E-state index in [0.29, 0.717) is 28.1 Å². The van der Waals surface area contributed by atoms with Crippen molar-refractivity contribution in [2.24, 2.45) is 4.99 Å². The van der Waals surface area contributed by atoms with Gasteiger partial charge in [-0.15, -0.1) is 0 Å². The van der Waals surface area contributed by atoms with Crippen molar-refractivity contribution >= 4 is 51.7 Å². The minimum atomic E-state index is -0.669. The highest BCUT2D eigenvalue weighted by molar-refractivity contribution is 8.15. The Hall–Kier alpha value is -3.16. The summed E-state index contributed by atoms with van der Waals surface area (Å²) in [5.74, 6) is -0.957. The molecule has 0 aromatic heterocycles. The van der Waals surface area contributed by atoms with Gasteiger partial charge in [0.25, 0.3) is 0 Å². The molecule has 0 spiro atoms. The number of nitrogens with zero attached hydrogens (tertiary/aromatic N) is 2. The number of aliphatic imine (C=N–C) groups is 1. The molecule has 3 aromatic carbocycles. The van der Waals surface area contributed by atoms with Crippen molar-refractivity contribution in [3.8, 4) is 0 Å². The zero-order valence-electron chi connectivity index (χ0n) is 16.9. The standard InChI is InChI=1S/C24H19ClFN3O2S/c25-17-9-11-19(12-10-17)27-23(31)21-14-22(30)29(15-16-5-2-1-3-6-16)24(32-21)28-20-8-4-7-18(26)13-20/h1-13,21H,14-15H2,(H,27,31)/t21-/m1/s1. The number of nitrogens with one attached hydrogen (secondary N) is 1. The molecule has 0 aliphatic carbocycles. The molecule has 0 unspecified atom stereocenters. The molecule has 32 heavy (non-hydrogen) atoms. The van der Waals surface area contributed by atoms with Crippen LogP contribution in [0.1, 0.15) is 12.0 Å². The van der Waals surface area contributed by atoms with E-state index >= 15 is 0 Å². The molecule has 1 heterocycles. The predicted octanol–water partition coefficient (Wildman–Crippen LogP) is 5.64. The molecule has 4 rings (SSSR count). The Morgan fingerprint density at radius 3 is 2.56 bits per heavy atom. The van der Waals surface area contributed by atoms with Gasteiger partial charge in [0.2, 0.25) is 11.8 Å². The van der Waals surface area contributed by atoms with Crippen LogP contribution in [0, 0.1) is 5.82 Å². The Bertz CT molecular complexity index is 1160. The zero-order valence-corrected chi connectivity index (χ0v) is 18.4. The normalized spacial score (nSPS) is 17.4. The Morgan fingerprint density at radius 1 is 1.09 bits per heavy atom. The fraction of sp³-hybridized carbons (Fsp3) is 0.125. The van der Waals surface area contributed by atoms with E-state index in [1.165, 1.54) is 28.8 Å². The van der Waals surface area contributed by atoms with Crippen molar-refractivity contribution in [2.45, 2.75) is 18.2 Å². The van der Waals surface area contributed by atoms with Crippen molar-refractivity contribution in [3.05, 3.63) is 95.3 Å². The maximum atomic E-state index is 13.7. The Balaban J connectivity index is 1.59. The largest absolute Gasteiger partial charge is 0.325 e. The number of benzene rings is 3. The van der Waals surface area contributed by atoms with Crippen LogP contribution in [-0.4, -0.2) is 27.1 Å². The summed E-state index contributed by atoms with van der Waals surface area (Å²) < 4.78 is 13.7. The SMILES string of the molecule is O=C(Nc1ccc(Cl)cc1)[C@H]1CC(=O)N(Cc2ccccc2)C(=Nc2cccc(F)c2)S1. The van der Waals surface area contributed by atoms with E-state index in [0.717, 1.165) is 5.56 Å². The van der Waals surface area contributed by atoms with Crippen LogP contribution in [-0.2, 0) is 16.1 Å². The molecular weight excluding hydrogens is 449 g/mol. The number of carbonyl (C=O) groups is 2. The van der Waals surface area contributed by atoms with Crippen LogP contribution >= 0.6 is 23.4 Å². The third-order valence-corrected chi connectivity index (χ3v) is 6.20. The van der Waals surface area contributed by atoms with Crippen LogP contribution < -0.4 is 5.32 Å². The number of hydrogen-bond donors (Lipinski definition) is 1. The molecule has 1 atom stereocenters. The number of thioether (sulfide) groups is 1. The number of amidine groups is 1. The lowest BCUT2D eigenvalue weighted by molar-refractivity contribution is -0.129. The topological polar surface area (TPSA) is 61.8 Å². The van der Waals surface area contributed by atoms with Gasteiger partial charge in [-0.25, -0.2) is 9.38 Å². The fourth-order valence-electron chi connectivity index (χ4n) is 3.17. The van der Waals surface area contributed by atoms with E-state index in [2.05, 4.69) is 10.3 Å². The van der Waals surface area contributed by atoms with E-state index in [9.17, 15) is 14.0 Å². The number of anilines is 1. The molecule has 1 N–H and O–H groups in total. The average Bonchev–Trinajstić information content (AvgIpc) is 2.78. The van der Waals surface area contributed by atoms with Crippen LogP contribution in [0.4, 0.5) is 15.8 Å². The minimum absolute atomic E-state index is 0.0269. The van der Waals surface area contributed by atoms with Gasteiger partial charge < -0.3 is 5.32 Å². The van der Waals surface area contributed by atoms with Gasteiger partial charge >= 0.3 is 0 Å². The van der Waals surface area contributed by atoms with Gasteiger partial charge in [-0.2, -0.15) is 0 Å². The van der Waals surface area contributed by atoms with Gasteiger partial charge in [0.05, 0.1) is 12.2 Å². The first-order valence-corrected chi connectivity index (χ1v) is 11.2. The third kappa shape index (κ3) is 5.55. The van der Waals surface area contributed by atoms with Crippen molar-refractivity contribution < 1.29 is 14.0 Å². The van der Waals surface area contributed by atoms with E-state index in [4.69, 9.17) is 11.6 Å². The van der Waals surface area contributed by atoms with E-state index in [1.54, 1.807) is 36.4 Å². The van der Waals surface area contributed by atoms with Gasteiger partial charge in [-0.05, 0) is 48.0 Å². The second-order valence-electron chi connectivity index (χ2n) is 7.15. The first-order chi connectivity index (χ1) is 15.5. The molecule has 2 amide bonds. The lowest BCUT2D eigenvalue weighted by atomic mass is 10.2. The van der Waals surface area contributed by atoms with Gasteiger partial charge in [-0.1, -0.05) is 59.8 Å². The number of amides is 2. The Labute approximate surface area is 194 Å². The third-order valence-electron chi connectivity index (χ3n) is 4.76. The molecule has 1 aliphatic rings. The lowest BCUT2D eigenvalue weighted by Crippen LogP contribution is -2.44. The Kier molecular flexibility index (Phi) is 6.87. The highest BCUT2D eigenvalue weighted by Gasteiger charge is 2.36. The summed E-state index contributed by atoms with van der Waals surface area (Å²) in [5.41, 5.74) is 1.89. The molecule has 162 valence electrons. The first kappa shape index (κ1) is 22.0. The molecule has 8 heteroatoms. The van der Waals surface area contributed by atoms with Crippen LogP contribution in [0.2, 0.25) is 5.02 Å². The lowest BCUT2D eigenvalue weighted by Gasteiger charge is -2.32. The average molecular weight is 468 g/mol. The molecule has 3 aromatic rings. The quantitative estimate of drug-likeness (QED) is 0.528. The summed E-state index contributed by atoms with van der Waals surface area (Å²) in [7, 11) is 0. The number of hydrogen-bond acceptors (Lipinski definition) is 4. The molecule has 0 saturated carbocycles. The fourth-order valence-corrected chi connectivity index (χ4v) is 4.40. The predicted molar refractivity (Wildman–Crippen MR) is 127 cm³/mol. The smallest absolute Gasteiger partial charge is 0.238 e. The summed E-state index contributed by atoms with van der Waals surface area (Å²) in [6, 6.07) is 22.1. The van der Waals surface area contributed by atoms with Gasteiger partial charge in [0.15, 0.2) is 5.17 Å². The van der Waals surface area contributed by atoms with E-state index < -0.39 is 11.1 Å². The summed E-state index contributed by atoms with van der Waals surface area (Å²) in [6.07, 6.45) is 0.0269. The molecular formula is C24H19ClFN3O2S. The highest BCUT2D eigenvalue weighted by Crippen LogP contribution is 2.31. The molecule has 1 fully saturated rings. The second-order valence-corrected chi connectivity index (χ2v) is 8.75. The number of rotatable bonds is 5. The van der Waals surface area contributed by atoms with Crippen molar-refractivity contribution in [3.63, 3.8) is 0 Å². The maximum Gasteiger partial charge on any atom is 0.238 e.